The number of fused-ring (bicyclic) bond motifs is 3. The van der Waals surface area contributed by atoms with Gasteiger partial charge in [0.1, 0.15) is 10.1 Å². The van der Waals surface area contributed by atoms with Crippen LogP contribution in [0.15, 0.2) is 0 Å². The van der Waals surface area contributed by atoms with Crippen molar-refractivity contribution < 1.29 is 23.1 Å². The van der Waals surface area contributed by atoms with E-state index in [1.54, 1.807) is 0 Å². The smallest absolute Gasteiger partial charge is 0.331 e. The van der Waals surface area contributed by atoms with E-state index < -0.39 is 31.5 Å². The molecule has 2 heterocycles. The van der Waals surface area contributed by atoms with Crippen LogP contribution in [0.25, 0.3) is 0 Å². The number of carboxylic acids is 1. The Morgan fingerprint density at radius 2 is 2.20 bits per heavy atom. The topological polar surface area (TPSA) is 91.8 Å². The van der Waals surface area contributed by atoms with Crippen molar-refractivity contribution in [1.82, 2.24) is 4.90 Å². The highest BCUT2D eigenvalue weighted by atomic mass is 32.2. The summed E-state index contributed by atoms with van der Waals surface area (Å²) in [6.45, 7) is 1.42. The quantitative estimate of drug-likeness (QED) is 0.582. The lowest BCUT2D eigenvalue weighted by Gasteiger charge is -2.38. The van der Waals surface area contributed by atoms with Crippen LogP contribution in [0.1, 0.15) is 19.8 Å². The Morgan fingerprint density at radius 1 is 1.60 bits per heavy atom. The molecule has 3 fully saturated rings. The van der Waals surface area contributed by atoms with Gasteiger partial charge in [-0.05, 0) is 6.92 Å². The van der Waals surface area contributed by atoms with E-state index in [2.05, 4.69) is 0 Å². The van der Waals surface area contributed by atoms with Gasteiger partial charge in [0.25, 0.3) is 0 Å². The van der Waals surface area contributed by atoms with Crippen LogP contribution in [-0.2, 0) is 19.4 Å². The monoisotopic (exact) mass is 231 g/mol. The van der Waals surface area contributed by atoms with Gasteiger partial charge in [0.05, 0.1) is 6.42 Å². The molecule has 3 atom stereocenters. The first-order valence-corrected chi connectivity index (χ1v) is 6.13. The number of rotatable bonds is 1. The summed E-state index contributed by atoms with van der Waals surface area (Å²) in [5.41, 5.74) is -1.47. The predicted molar refractivity (Wildman–Crippen MR) is 47.6 cm³/mol. The number of sulfone groups is 1. The number of aliphatic carboxylic acids is 1. The molecule has 1 amide bonds. The molecule has 0 aromatic rings. The van der Waals surface area contributed by atoms with Crippen LogP contribution in [-0.4, -0.2) is 46.0 Å². The maximum Gasteiger partial charge on any atom is 0.331 e. The number of β-lactam (4-membered cyclic amide) rings is 1. The van der Waals surface area contributed by atoms with Crippen LogP contribution in [0.4, 0.5) is 0 Å². The molecule has 6 nitrogen and oxygen atoms in total. The summed E-state index contributed by atoms with van der Waals surface area (Å²) in [7, 11) is -3.50. The van der Waals surface area contributed by atoms with Crippen LogP contribution in [0, 0.1) is 0 Å². The minimum absolute atomic E-state index is 0.0277. The average Bonchev–Trinajstić information content (AvgIpc) is 2.67. The van der Waals surface area contributed by atoms with Gasteiger partial charge in [-0.15, -0.1) is 0 Å². The normalized spacial score (nSPS) is 49.3. The minimum atomic E-state index is -3.50. The number of hydrogen-bond donors (Lipinski definition) is 1. The molecular weight excluding hydrogens is 222 g/mol. The minimum Gasteiger partial charge on any atom is -0.479 e. The highest BCUT2D eigenvalue weighted by Gasteiger charge is 2.89. The Bertz CT molecular complexity index is 511. The molecule has 15 heavy (non-hydrogen) atoms. The molecule has 0 radical (unpaired) electrons. The Balaban J connectivity index is 2.23. The Kier molecular flexibility index (Phi) is 1.16. The Hall–Kier alpha value is -1.11. The maximum absolute atomic E-state index is 11.9. The summed E-state index contributed by atoms with van der Waals surface area (Å²) in [5, 5.41) is 8.20. The van der Waals surface area contributed by atoms with Crippen molar-refractivity contribution in [3.05, 3.63) is 0 Å². The lowest BCUT2D eigenvalue weighted by Crippen LogP contribution is -2.59. The van der Waals surface area contributed by atoms with E-state index in [4.69, 9.17) is 5.11 Å². The largest absolute Gasteiger partial charge is 0.479 e. The van der Waals surface area contributed by atoms with E-state index in [1.807, 2.05) is 0 Å². The van der Waals surface area contributed by atoms with Crippen molar-refractivity contribution in [2.75, 3.05) is 0 Å². The van der Waals surface area contributed by atoms with Crippen LogP contribution in [0.5, 0.6) is 0 Å². The zero-order valence-corrected chi connectivity index (χ0v) is 8.74. The Morgan fingerprint density at radius 3 is 2.60 bits per heavy atom. The number of carbonyl (C=O) groups is 2. The second-order valence-electron chi connectivity index (χ2n) is 4.54. The lowest BCUT2D eigenvalue weighted by atomic mass is 10.1. The molecule has 7 heteroatoms. The second kappa shape index (κ2) is 1.91. The zero-order chi connectivity index (χ0) is 11.2. The van der Waals surface area contributed by atoms with E-state index in [0.717, 1.165) is 4.90 Å². The van der Waals surface area contributed by atoms with Gasteiger partial charge in [-0.3, -0.25) is 4.79 Å². The van der Waals surface area contributed by atoms with Crippen molar-refractivity contribution in [3.8, 4) is 0 Å². The van der Waals surface area contributed by atoms with E-state index >= 15 is 0 Å². The second-order valence-corrected chi connectivity index (χ2v) is 7.08. The molecule has 0 spiro atoms. The van der Waals surface area contributed by atoms with Crippen molar-refractivity contribution in [1.29, 1.82) is 0 Å². The first-order chi connectivity index (χ1) is 6.79. The highest BCUT2D eigenvalue weighted by molar-refractivity contribution is 7.94. The molecule has 0 unspecified atom stereocenters. The van der Waals surface area contributed by atoms with Crippen molar-refractivity contribution in [2.24, 2.45) is 0 Å². The van der Waals surface area contributed by atoms with Crippen LogP contribution in [0.3, 0.4) is 0 Å². The molecule has 3 rings (SSSR count). The van der Waals surface area contributed by atoms with Gasteiger partial charge in [0.2, 0.25) is 5.91 Å². The molecule has 3 aliphatic rings. The highest BCUT2D eigenvalue weighted by Crippen LogP contribution is 2.67. The maximum atomic E-state index is 11.9. The molecule has 0 aromatic carbocycles. The molecule has 1 N–H and O–H groups in total. The number of amides is 1. The SMILES string of the molecule is C[C@@]12C[C@]1(C(=O)O)N1C(=O)C[C@H]1S2(=O)=O. The number of nitrogens with zero attached hydrogens (tertiary/aromatic N) is 1. The fourth-order valence-electron chi connectivity index (χ4n) is 2.92. The molecule has 0 aromatic heterocycles. The average molecular weight is 231 g/mol. The van der Waals surface area contributed by atoms with Crippen molar-refractivity contribution in [3.63, 3.8) is 0 Å². The summed E-state index contributed by atoms with van der Waals surface area (Å²) < 4.78 is 22.6. The van der Waals surface area contributed by atoms with Gasteiger partial charge in [0.15, 0.2) is 15.4 Å². The van der Waals surface area contributed by atoms with Gasteiger partial charge >= 0.3 is 5.97 Å². The number of carboxylic acid groups (broad SMARTS) is 1. The van der Waals surface area contributed by atoms with Gasteiger partial charge < -0.3 is 10.0 Å². The summed E-state index contributed by atoms with van der Waals surface area (Å²) in [6, 6.07) is 0. The summed E-state index contributed by atoms with van der Waals surface area (Å²) >= 11 is 0. The third kappa shape index (κ3) is 0.590. The van der Waals surface area contributed by atoms with Gasteiger partial charge in [-0.2, -0.15) is 0 Å². The summed E-state index contributed by atoms with van der Waals surface area (Å²) in [5.74, 6) is -1.57. The molecule has 2 aliphatic heterocycles. The van der Waals surface area contributed by atoms with Gasteiger partial charge in [-0.1, -0.05) is 0 Å². The van der Waals surface area contributed by atoms with Crippen LogP contribution >= 0.6 is 0 Å². The lowest BCUT2D eigenvalue weighted by molar-refractivity contribution is -0.159. The molecule has 82 valence electrons. The molecule has 2 saturated heterocycles. The summed E-state index contributed by atoms with van der Waals surface area (Å²) in [4.78, 5) is 23.5. The van der Waals surface area contributed by atoms with Crippen molar-refractivity contribution in [2.45, 2.75) is 35.4 Å². The third-order valence-corrected chi connectivity index (χ3v) is 6.83. The first-order valence-electron chi connectivity index (χ1n) is 4.58. The van der Waals surface area contributed by atoms with Crippen LogP contribution in [0.2, 0.25) is 0 Å². The molecule has 1 saturated carbocycles. The van der Waals surface area contributed by atoms with E-state index in [-0.39, 0.29) is 18.7 Å². The molecule has 0 bridgehead atoms. The van der Waals surface area contributed by atoms with E-state index in [9.17, 15) is 18.0 Å². The third-order valence-electron chi connectivity index (χ3n) is 4.00. The number of carbonyl (C=O) groups excluding carboxylic acids is 1. The zero-order valence-electron chi connectivity index (χ0n) is 7.93. The standard InChI is InChI=1S/C8H9NO5S/c1-7-3-8(7,6(11)12)9-4(10)2-5(9)15(7,13)14/h5H,2-3H2,1H3,(H,11,12)/t5-,7-,8-/m1/s1. The fraction of sp³-hybridized carbons (Fsp3) is 0.750. The van der Waals surface area contributed by atoms with Gasteiger partial charge in [-0.25, -0.2) is 13.2 Å². The summed E-state index contributed by atoms with van der Waals surface area (Å²) in [6.07, 6.45) is -0.0349. The Labute approximate surface area is 85.8 Å². The van der Waals surface area contributed by atoms with E-state index in [1.165, 1.54) is 6.92 Å². The van der Waals surface area contributed by atoms with E-state index in [0.29, 0.717) is 0 Å². The van der Waals surface area contributed by atoms with Gasteiger partial charge in [0, 0.05) is 6.42 Å². The van der Waals surface area contributed by atoms with Crippen LogP contribution < -0.4 is 0 Å². The number of hydrogen-bond acceptors (Lipinski definition) is 4. The molecule has 1 aliphatic carbocycles. The first kappa shape index (κ1) is 9.14. The predicted octanol–water partition coefficient (Wildman–Crippen LogP) is -1.04. The fourth-order valence-corrected chi connectivity index (χ4v) is 5.52. The van der Waals surface area contributed by atoms with Crippen molar-refractivity contribution >= 4 is 21.7 Å². The molecular formula is C8H9NO5S.